The second-order valence-corrected chi connectivity index (χ2v) is 9.08. The first-order valence-corrected chi connectivity index (χ1v) is 10.8. The maximum atomic E-state index is 11.9. The molecule has 1 aromatic carbocycles. The van der Waals surface area contributed by atoms with Gasteiger partial charge in [0.25, 0.3) is 0 Å². The van der Waals surface area contributed by atoms with Crippen molar-refractivity contribution in [2.45, 2.75) is 51.7 Å². The monoisotopic (exact) mass is 426 g/mol. The third-order valence-corrected chi connectivity index (χ3v) is 6.38. The molecule has 6 heteroatoms. The van der Waals surface area contributed by atoms with E-state index in [9.17, 15) is 9.90 Å². The summed E-state index contributed by atoms with van der Waals surface area (Å²) in [7, 11) is 3.08. The van der Waals surface area contributed by atoms with E-state index in [-0.39, 0.29) is 0 Å². The van der Waals surface area contributed by atoms with Crippen molar-refractivity contribution in [3.8, 4) is 0 Å². The molecule has 1 fully saturated rings. The van der Waals surface area contributed by atoms with E-state index in [4.69, 9.17) is 14.6 Å². The minimum Gasteiger partial charge on any atom is -0.466 e. The zero-order valence-corrected chi connectivity index (χ0v) is 19.2. The number of carbonyl (C=O) groups excluding carboxylic acids is 1. The summed E-state index contributed by atoms with van der Waals surface area (Å²) in [6.07, 6.45) is 7.80. The first-order valence-electron chi connectivity index (χ1n) is 10.8. The first-order chi connectivity index (χ1) is 14.7. The van der Waals surface area contributed by atoms with Gasteiger partial charge in [-0.15, -0.1) is 0 Å². The summed E-state index contributed by atoms with van der Waals surface area (Å²) in [6.45, 7) is 7.51. The van der Waals surface area contributed by atoms with Crippen LogP contribution in [0.25, 0.3) is 0 Å². The molecule has 0 saturated carbocycles. The predicted octanol–water partition coefficient (Wildman–Crippen LogP) is 3.79. The summed E-state index contributed by atoms with van der Waals surface area (Å²) in [5, 5.41) is 19.1. The molecule has 3 rings (SSSR count). The number of aliphatic hydroxyl groups is 1. The van der Waals surface area contributed by atoms with Gasteiger partial charge in [0.2, 0.25) is 0 Å². The van der Waals surface area contributed by atoms with Crippen molar-refractivity contribution in [1.29, 1.82) is 0 Å². The number of esters is 1. The smallest absolute Gasteiger partial charge is 0.330 e. The van der Waals surface area contributed by atoms with Crippen molar-refractivity contribution >= 4 is 11.7 Å². The topological polar surface area (TPSA) is 71.4 Å². The van der Waals surface area contributed by atoms with E-state index >= 15 is 0 Å². The van der Waals surface area contributed by atoms with Crippen LogP contribution in [-0.4, -0.2) is 55.2 Å². The van der Waals surface area contributed by atoms with Crippen molar-refractivity contribution in [2.75, 3.05) is 27.4 Å². The molecule has 2 aliphatic rings. The highest BCUT2D eigenvalue weighted by molar-refractivity contribution is 6.04. The Hall–Kier alpha value is -2.44. The maximum Gasteiger partial charge on any atom is 0.330 e. The number of hydrogen-bond acceptors (Lipinski definition) is 6. The van der Waals surface area contributed by atoms with Gasteiger partial charge in [0.15, 0.2) is 0 Å². The van der Waals surface area contributed by atoms with E-state index in [2.05, 4.69) is 18.9 Å². The fourth-order valence-electron chi connectivity index (χ4n) is 4.50. The molecule has 0 bridgehead atoms. The van der Waals surface area contributed by atoms with Crippen LogP contribution in [0.5, 0.6) is 0 Å². The van der Waals surface area contributed by atoms with Crippen LogP contribution in [0.2, 0.25) is 0 Å². The van der Waals surface area contributed by atoms with Gasteiger partial charge in [-0.25, -0.2) is 4.79 Å². The van der Waals surface area contributed by atoms with E-state index in [1.165, 1.54) is 13.2 Å². The Kier molecular flexibility index (Phi) is 7.02. The van der Waals surface area contributed by atoms with Crippen molar-refractivity contribution in [1.82, 2.24) is 5.01 Å². The molecule has 1 N–H and O–H groups in total. The first kappa shape index (κ1) is 23.2. The molecule has 1 aliphatic heterocycles. The van der Waals surface area contributed by atoms with Gasteiger partial charge < -0.3 is 14.6 Å². The largest absolute Gasteiger partial charge is 0.466 e. The molecule has 0 radical (unpaired) electrons. The number of hydrogen-bond donors (Lipinski definition) is 1. The highest BCUT2D eigenvalue weighted by atomic mass is 16.5. The van der Waals surface area contributed by atoms with Crippen molar-refractivity contribution in [2.24, 2.45) is 10.5 Å². The van der Waals surface area contributed by atoms with Crippen LogP contribution in [0.4, 0.5) is 0 Å². The van der Waals surface area contributed by atoms with Crippen LogP contribution in [0.3, 0.4) is 0 Å². The number of methoxy groups -OCH3 is 2. The Labute approximate surface area is 185 Å². The molecular formula is C25H34N2O4. The van der Waals surface area contributed by atoms with E-state index in [0.29, 0.717) is 24.6 Å². The molecule has 2 unspecified atom stereocenters. The van der Waals surface area contributed by atoms with Crippen LogP contribution in [-0.2, 0) is 19.9 Å². The number of allylic oxidation sites excluding steroid dienone is 2. The van der Waals surface area contributed by atoms with Gasteiger partial charge in [0, 0.05) is 37.1 Å². The maximum absolute atomic E-state index is 11.9. The molecule has 168 valence electrons. The van der Waals surface area contributed by atoms with E-state index in [0.717, 1.165) is 36.2 Å². The number of hydrazone groups is 1. The normalized spacial score (nSPS) is 27.0. The molecule has 31 heavy (non-hydrogen) atoms. The highest BCUT2D eigenvalue weighted by Gasteiger charge is 2.49. The van der Waals surface area contributed by atoms with Gasteiger partial charge in [0.1, 0.15) is 5.60 Å². The Balaban J connectivity index is 2.01. The number of carbonyl (C=O) groups is 1. The van der Waals surface area contributed by atoms with Gasteiger partial charge in [-0.05, 0) is 37.0 Å². The Morgan fingerprint density at radius 1 is 1.32 bits per heavy atom. The SMILES string of the molecule is COCC1CCCN1N=C1CC(C)(C)C(O)(C=CC(C)=CC(=O)OC)c2ccccc21. The summed E-state index contributed by atoms with van der Waals surface area (Å²) >= 11 is 0. The van der Waals surface area contributed by atoms with Gasteiger partial charge in [-0.1, -0.05) is 44.2 Å². The van der Waals surface area contributed by atoms with Crippen LogP contribution in [0.15, 0.2) is 53.2 Å². The molecule has 1 aromatic rings. The van der Waals surface area contributed by atoms with E-state index in [1.807, 2.05) is 31.2 Å². The fraction of sp³-hybridized carbons (Fsp3) is 0.520. The minimum atomic E-state index is -1.20. The van der Waals surface area contributed by atoms with Crippen LogP contribution in [0, 0.1) is 5.41 Å². The Bertz CT molecular complexity index is 903. The molecule has 1 aliphatic carbocycles. The Morgan fingerprint density at radius 2 is 2.06 bits per heavy atom. The molecule has 0 aromatic heterocycles. The molecule has 1 heterocycles. The zero-order valence-electron chi connectivity index (χ0n) is 19.2. The standard InChI is InChI=1S/C25H34N2O4/c1-18(15-23(28)31-5)12-13-25(29)21-11-7-6-10-20(21)22(16-24(25,2)3)26-27-14-8-9-19(27)17-30-4/h6-7,10-13,15,19,29H,8-9,14,16-17H2,1-5H3. The van der Waals surface area contributed by atoms with Gasteiger partial charge in [-0.3, -0.25) is 5.01 Å². The highest BCUT2D eigenvalue weighted by Crippen LogP contribution is 2.49. The number of benzene rings is 1. The minimum absolute atomic E-state index is 0.291. The van der Waals surface area contributed by atoms with E-state index in [1.54, 1.807) is 19.3 Å². The van der Waals surface area contributed by atoms with Crippen molar-refractivity contribution in [3.05, 3.63) is 59.2 Å². The molecule has 0 amide bonds. The zero-order chi connectivity index (χ0) is 22.6. The second-order valence-electron chi connectivity index (χ2n) is 9.08. The molecule has 1 saturated heterocycles. The second kappa shape index (κ2) is 9.37. The molecule has 0 spiro atoms. The quantitative estimate of drug-likeness (QED) is 0.426. The van der Waals surface area contributed by atoms with Crippen molar-refractivity contribution < 1.29 is 19.4 Å². The van der Waals surface area contributed by atoms with Gasteiger partial charge in [-0.2, -0.15) is 5.10 Å². The molecule has 6 nitrogen and oxygen atoms in total. The summed E-state index contributed by atoms with van der Waals surface area (Å²) in [4.78, 5) is 11.5. The lowest BCUT2D eigenvalue weighted by Gasteiger charge is -2.46. The van der Waals surface area contributed by atoms with Crippen LogP contribution < -0.4 is 0 Å². The average molecular weight is 427 g/mol. The van der Waals surface area contributed by atoms with Gasteiger partial charge in [0.05, 0.1) is 25.5 Å². The lowest BCUT2D eigenvalue weighted by atomic mass is 9.62. The van der Waals surface area contributed by atoms with Crippen LogP contribution in [0.1, 0.15) is 51.2 Å². The third kappa shape index (κ3) is 4.75. The predicted molar refractivity (Wildman–Crippen MR) is 122 cm³/mol. The van der Waals surface area contributed by atoms with E-state index < -0.39 is 17.0 Å². The molecule has 2 atom stereocenters. The lowest BCUT2D eigenvalue weighted by molar-refractivity contribution is -0.134. The average Bonchev–Trinajstić information content (AvgIpc) is 3.17. The summed E-state index contributed by atoms with van der Waals surface area (Å²) in [5.74, 6) is -0.414. The Morgan fingerprint density at radius 3 is 2.77 bits per heavy atom. The van der Waals surface area contributed by atoms with Crippen LogP contribution >= 0.6 is 0 Å². The summed E-state index contributed by atoms with van der Waals surface area (Å²) in [5.41, 5.74) is 1.79. The number of nitrogens with zero attached hydrogens (tertiary/aromatic N) is 2. The summed E-state index contributed by atoms with van der Waals surface area (Å²) < 4.78 is 10.1. The number of rotatable bonds is 6. The summed E-state index contributed by atoms with van der Waals surface area (Å²) in [6, 6.07) is 8.21. The van der Waals surface area contributed by atoms with Crippen molar-refractivity contribution in [3.63, 3.8) is 0 Å². The molecular weight excluding hydrogens is 392 g/mol. The number of fused-ring (bicyclic) bond motifs is 1. The number of ether oxygens (including phenoxy) is 2. The van der Waals surface area contributed by atoms with Gasteiger partial charge >= 0.3 is 5.97 Å². The lowest BCUT2D eigenvalue weighted by Crippen LogP contribution is -2.47. The fourth-order valence-corrected chi connectivity index (χ4v) is 4.50. The third-order valence-electron chi connectivity index (χ3n) is 6.38.